The van der Waals surface area contributed by atoms with Crippen LogP contribution < -0.4 is 5.32 Å². The van der Waals surface area contributed by atoms with E-state index in [4.69, 9.17) is 0 Å². The predicted molar refractivity (Wildman–Crippen MR) is 61.7 cm³/mol. The van der Waals surface area contributed by atoms with E-state index in [9.17, 15) is 4.79 Å². The van der Waals surface area contributed by atoms with Gasteiger partial charge in [0.2, 0.25) is 5.91 Å². The van der Waals surface area contributed by atoms with Crippen molar-refractivity contribution in [3.63, 3.8) is 0 Å². The van der Waals surface area contributed by atoms with Crippen molar-refractivity contribution < 1.29 is 4.79 Å². The minimum absolute atomic E-state index is 0.143. The molecular weight excluding hydrogens is 200 g/mol. The number of fused-ring (bicyclic) bond motifs is 2. The molecule has 0 spiro atoms. The van der Waals surface area contributed by atoms with Gasteiger partial charge in [0.25, 0.3) is 0 Å². The molecule has 0 saturated heterocycles. The number of allylic oxidation sites excluding steroid dienone is 2. The van der Waals surface area contributed by atoms with Crippen LogP contribution in [0.25, 0.3) is 0 Å². The third-order valence-corrected chi connectivity index (χ3v) is 3.54. The highest BCUT2D eigenvalue weighted by molar-refractivity contribution is 5.93. The van der Waals surface area contributed by atoms with Gasteiger partial charge in [0, 0.05) is 12.1 Å². The molecule has 3 rings (SSSR count). The second-order valence-corrected chi connectivity index (χ2v) is 4.62. The van der Waals surface area contributed by atoms with Gasteiger partial charge in [-0.15, -0.1) is 0 Å². The van der Waals surface area contributed by atoms with Crippen LogP contribution in [0.1, 0.15) is 12.8 Å². The summed E-state index contributed by atoms with van der Waals surface area (Å²) in [5.41, 5.74) is 0.791. The first kappa shape index (κ1) is 9.58. The SMILES string of the molecule is O=C(Nc1cccnc1)C1CC2C=CC1C2. The summed E-state index contributed by atoms with van der Waals surface area (Å²) in [5.74, 6) is 1.40. The average molecular weight is 214 g/mol. The Morgan fingerprint density at radius 3 is 2.94 bits per heavy atom. The van der Waals surface area contributed by atoms with Gasteiger partial charge in [0.1, 0.15) is 0 Å². The molecule has 0 aromatic carbocycles. The molecule has 1 aromatic heterocycles. The summed E-state index contributed by atoms with van der Waals surface area (Å²) >= 11 is 0. The Labute approximate surface area is 94.6 Å². The number of nitrogens with one attached hydrogen (secondary N) is 1. The summed E-state index contributed by atoms with van der Waals surface area (Å²) < 4.78 is 0. The van der Waals surface area contributed by atoms with Crippen LogP contribution in [-0.4, -0.2) is 10.9 Å². The fourth-order valence-electron chi connectivity index (χ4n) is 2.75. The first-order valence-corrected chi connectivity index (χ1v) is 5.72. The van der Waals surface area contributed by atoms with Gasteiger partial charge in [-0.05, 0) is 36.8 Å². The van der Waals surface area contributed by atoms with Crippen molar-refractivity contribution in [2.45, 2.75) is 12.8 Å². The van der Waals surface area contributed by atoms with Crippen molar-refractivity contribution in [2.75, 3.05) is 5.32 Å². The van der Waals surface area contributed by atoms with E-state index < -0.39 is 0 Å². The lowest BCUT2D eigenvalue weighted by molar-refractivity contribution is -0.120. The Hall–Kier alpha value is -1.64. The number of amides is 1. The molecule has 82 valence electrons. The van der Waals surface area contributed by atoms with Crippen molar-refractivity contribution in [2.24, 2.45) is 17.8 Å². The van der Waals surface area contributed by atoms with Crippen LogP contribution in [0.3, 0.4) is 0 Å². The van der Waals surface area contributed by atoms with E-state index in [0.29, 0.717) is 11.8 Å². The molecule has 2 aliphatic rings. The fraction of sp³-hybridized carbons (Fsp3) is 0.385. The molecule has 1 aromatic rings. The number of anilines is 1. The van der Waals surface area contributed by atoms with E-state index in [2.05, 4.69) is 22.5 Å². The van der Waals surface area contributed by atoms with Gasteiger partial charge in [-0.2, -0.15) is 0 Å². The van der Waals surface area contributed by atoms with Crippen LogP contribution in [0, 0.1) is 17.8 Å². The minimum Gasteiger partial charge on any atom is -0.324 e. The van der Waals surface area contributed by atoms with Gasteiger partial charge in [0.15, 0.2) is 0 Å². The number of nitrogens with zero attached hydrogens (tertiary/aromatic N) is 1. The summed E-state index contributed by atoms with van der Waals surface area (Å²) in [6, 6.07) is 3.70. The summed E-state index contributed by atoms with van der Waals surface area (Å²) in [5, 5.41) is 2.93. The second kappa shape index (κ2) is 3.74. The lowest BCUT2D eigenvalue weighted by atomic mass is 9.93. The fourth-order valence-corrected chi connectivity index (χ4v) is 2.75. The highest BCUT2D eigenvalue weighted by Gasteiger charge is 2.39. The van der Waals surface area contributed by atoms with E-state index in [0.717, 1.165) is 18.5 Å². The number of rotatable bonds is 2. The standard InChI is InChI=1S/C13H14N2O/c16-13(15-11-2-1-5-14-8-11)12-7-9-3-4-10(12)6-9/h1-5,8-10,12H,6-7H2,(H,15,16). The van der Waals surface area contributed by atoms with Crippen LogP contribution in [0.4, 0.5) is 5.69 Å². The molecule has 3 nitrogen and oxygen atoms in total. The van der Waals surface area contributed by atoms with Crippen molar-refractivity contribution in [1.82, 2.24) is 4.98 Å². The molecule has 1 N–H and O–H groups in total. The third-order valence-electron chi connectivity index (χ3n) is 3.54. The van der Waals surface area contributed by atoms with Crippen molar-refractivity contribution in [1.29, 1.82) is 0 Å². The highest BCUT2D eigenvalue weighted by Crippen LogP contribution is 2.43. The molecule has 0 aliphatic heterocycles. The molecule has 2 aliphatic carbocycles. The summed E-state index contributed by atoms with van der Waals surface area (Å²) in [6.45, 7) is 0. The van der Waals surface area contributed by atoms with Crippen molar-refractivity contribution in [3.05, 3.63) is 36.7 Å². The maximum absolute atomic E-state index is 12.0. The molecule has 3 atom stereocenters. The monoisotopic (exact) mass is 214 g/mol. The van der Waals surface area contributed by atoms with E-state index in [1.807, 2.05) is 12.1 Å². The number of aromatic nitrogens is 1. The van der Waals surface area contributed by atoms with E-state index in [-0.39, 0.29) is 11.8 Å². The van der Waals surface area contributed by atoms with E-state index in [1.165, 1.54) is 0 Å². The van der Waals surface area contributed by atoms with Crippen LogP contribution in [0.15, 0.2) is 36.7 Å². The summed E-state index contributed by atoms with van der Waals surface area (Å²) in [6.07, 6.45) is 10.00. The predicted octanol–water partition coefficient (Wildman–Crippen LogP) is 2.23. The van der Waals surface area contributed by atoms with Crippen LogP contribution in [-0.2, 0) is 4.79 Å². The quantitative estimate of drug-likeness (QED) is 0.767. The lowest BCUT2D eigenvalue weighted by Gasteiger charge is -2.17. The Balaban J connectivity index is 1.69. The first-order chi connectivity index (χ1) is 7.83. The van der Waals surface area contributed by atoms with Crippen molar-refractivity contribution in [3.8, 4) is 0 Å². The maximum Gasteiger partial charge on any atom is 0.228 e. The lowest BCUT2D eigenvalue weighted by Crippen LogP contribution is -2.25. The number of carbonyl (C=O) groups excluding carboxylic acids is 1. The third kappa shape index (κ3) is 1.62. The maximum atomic E-state index is 12.0. The topological polar surface area (TPSA) is 42.0 Å². The minimum atomic E-state index is 0.143. The molecule has 1 amide bonds. The zero-order valence-corrected chi connectivity index (χ0v) is 8.97. The Bertz CT molecular complexity index is 427. The summed E-state index contributed by atoms with van der Waals surface area (Å²) in [4.78, 5) is 16.0. The van der Waals surface area contributed by atoms with Gasteiger partial charge >= 0.3 is 0 Å². The zero-order valence-electron chi connectivity index (χ0n) is 8.97. The molecule has 1 fully saturated rings. The molecule has 0 radical (unpaired) electrons. The largest absolute Gasteiger partial charge is 0.324 e. The molecule has 1 saturated carbocycles. The van der Waals surface area contributed by atoms with Gasteiger partial charge in [-0.1, -0.05) is 12.2 Å². The molecule has 3 heteroatoms. The number of hydrogen-bond donors (Lipinski definition) is 1. The summed E-state index contributed by atoms with van der Waals surface area (Å²) in [7, 11) is 0. The number of carbonyl (C=O) groups is 1. The van der Waals surface area contributed by atoms with Gasteiger partial charge in [-0.25, -0.2) is 0 Å². The average Bonchev–Trinajstić information content (AvgIpc) is 2.92. The van der Waals surface area contributed by atoms with Gasteiger partial charge < -0.3 is 5.32 Å². The Morgan fingerprint density at radius 2 is 2.31 bits per heavy atom. The molecule has 1 heterocycles. The van der Waals surface area contributed by atoms with Crippen LogP contribution >= 0.6 is 0 Å². The van der Waals surface area contributed by atoms with Gasteiger partial charge in [0.05, 0.1) is 11.9 Å². The highest BCUT2D eigenvalue weighted by atomic mass is 16.1. The van der Waals surface area contributed by atoms with Crippen molar-refractivity contribution >= 4 is 11.6 Å². The molecule has 16 heavy (non-hydrogen) atoms. The van der Waals surface area contributed by atoms with Gasteiger partial charge in [-0.3, -0.25) is 9.78 Å². The molecule has 2 bridgehead atoms. The van der Waals surface area contributed by atoms with Crippen LogP contribution in [0.2, 0.25) is 0 Å². The van der Waals surface area contributed by atoms with E-state index in [1.54, 1.807) is 12.4 Å². The second-order valence-electron chi connectivity index (χ2n) is 4.62. The van der Waals surface area contributed by atoms with E-state index >= 15 is 0 Å². The van der Waals surface area contributed by atoms with Crippen LogP contribution in [0.5, 0.6) is 0 Å². The molecular formula is C13H14N2O. The number of pyridine rings is 1. The zero-order chi connectivity index (χ0) is 11.0. The number of hydrogen-bond acceptors (Lipinski definition) is 2. The Kier molecular flexibility index (Phi) is 2.24. The first-order valence-electron chi connectivity index (χ1n) is 5.72. The smallest absolute Gasteiger partial charge is 0.228 e. The molecule has 3 unspecified atom stereocenters. The normalized spacial score (nSPS) is 30.6. The Morgan fingerprint density at radius 1 is 1.38 bits per heavy atom.